The number of carbonyl (C=O) groups excluding carboxylic acids is 1. The van der Waals surface area contributed by atoms with Gasteiger partial charge >= 0.3 is 11.6 Å². The average Bonchev–Trinajstić information content (AvgIpc) is 3.12. The maximum atomic E-state index is 12.4. The van der Waals surface area contributed by atoms with E-state index in [0.29, 0.717) is 24.4 Å². The Bertz CT molecular complexity index is 847. The lowest BCUT2D eigenvalue weighted by Crippen LogP contribution is -2.29. The maximum absolute atomic E-state index is 12.4. The number of benzene rings is 1. The highest BCUT2D eigenvalue weighted by Gasteiger charge is 2.22. The van der Waals surface area contributed by atoms with Crippen LogP contribution in [0.2, 0.25) is 0 Å². The first-order valence-electron chi connectivity index (χ1n) is 9.00. The van der Waals surface area contributed by atoms with Crippen LogP contribution in [-0.2, 0) is 20.7 Å². The molecule has 2 atom stereocenters. The lowest BCUT2D eigenvalue weighted by atomic mass is 10.1. The number of hydrogen-bond acceptors (Lipinski definition) is 6. The van der Waals surface area contributed by atoms with Crippen molar-refractivity contribution in [2.75, 3.05) is 13.2 Å². The van der Waals surface area contributed by atoms with Gasteiger partial charge in [-0.25, -0.2) is 9.59 Å². The number of hydrogen-bond donors (Lipinski definition) is 0. The lowest BCUT2D eigenvalue weighted by molar-refractivity contribution is -0.148. The lowest BCUT2D eigenvalue weighted by Gasteiger charge is -2.17. The zero-order valence-corrected chi connectivity index (χ0v) is 15.4. The van der Waals surface area contributed by atoms with Crippen molar-refractivity contribution in [3.8, 4) is 5.75 Å². The Morgan fingerprint density at radius 1 is 1.35 bits per heavy atom. The second-order valence-electron chi connectivity index (χ2n) is 6.59. The summed E-state index contributed by atoms with van der Waals surface area (Å²) in [5.41, 5.74) is 1.68. The van der Waals surface area contributed by atoms with Gasteiger partial charge in [-0.1, -0.05) is 6.92 Å². The van der Waals surface area contributed by atoms with E-state index in [2.05, 4.69) is 0 Å². The second kappa shape index (κ2) is 8.01. The van der Waals surface area contributed by atoms with Crippen molar-refractivity contribution < 1.29 is 23.4 Å². The van der Waals surface area contributed by atoms with E-state index in [1.165, 1.54) is 6.07 Å². The van der Waals surface area contributed by atoms with Crippen LogP contribution in [0.1, 0.15) is 37.8 Å². The van der Waals surface area contributed by atoms with Crippen LogP contribution < -0.4 is 10.4 Å². The molecule has 1 aliphatic heterocycles. The summed E-state index contributed by atoms with van der Waals surface area (Å²) in [5, 5.41) is 0.837. The molecule has 6 heteroatoms. The van der Waals surface area contributed by atoms with Crippen LogP contribution in [0.25, 0.3) is 11.0 Å². The number of ether oxygens (including phenoxy) is 3. The Kier molecular flexibility index (Phi) is 5.74. The molecule has 1 fully saturated rings. The van der Waals surface area contributed by atoms with Crippen molar-refractivity contribution in [1.29, 1.82) is 0 Å². The van der Waals surface area contributed by atoms with Gasteiger partial charge in [0.2, 0.25) is 0 Å². The van der Waals surface area contributed by atoms with E-state index in [9.17, 15) is 9.59 Å². The molecule has 0 aliphatic carbocycles. The molecule has 0 radical (unpaired) electrons. The molecule has 1 saturated heterocycles. The summed E-state index contributed by atoms with van der Waals surface area (Å²) < 4.78 is 21.9. The van der Waals surface area contributed by atoms with Crippen LogP contribution in [0.3, 0.4) is 0 Å². The zero-order valence-electron chi connectivity index (χ0n) is 15.4. The maximum Gasteiger partial charge on any atom is 0.340 e. The molecule has 3 rings (SSSR count). The zero-order chi connectivity index (χ0) is 18.7. The number of esters is 1. The molecule has 1 aliphatic rings. The van der Waals surface area contributed by atoms with E-state index in [4.69, 9.17) is 18.6 Å². The standard InChI is InChI=1S/C20H24O6/c1-4-14-9-16-12(2)8-19(21)25-18(16)10-17(14)26-20(22)13(3)24-11-15-6-5-7-23-15/h8-10,13,15H,4-7,11H2,1-3H3. The molecule has 0 bridgehead atoms. The quantitative estimate of drug-likeness (QED) is 0.447. The largest absolute Gasteiger partial charge is 0.424 e. The van der Waals surface area contributed by atoms with E-state index in [-0.39, 0.29) is 6.10 Å². The van der Waals surface area contributed by atoms with Crippen molar-refractivity contribution in [1.82, 2.24) is 0 Å². The van der Waals surface area contributed by atoms with Crippen LogP contribution >= 0.6 is 0 Å². The van der Waals surface area contributed by atoms with Gasteiger partial charge in [-0.15, -0.1) is 0 Å². The van der Waals surface area contributed by atoms with E-state index in [0.717, 1.165) is 36.0 Å². The molecule has 6 nitrogen and oxygen atoms in total. The van der Waals surface area contributed by atoms with Gasteiger partial charge in [0, 0.05) is 24.1 Å². The Balaban J connectivity index is 1.75. The van der Waals surface area contributed by atoms with Gasteiger partial charge in [0.1, 0.15) is 11.3 Å². The minimum Gasteiger partial charge on any atom is -0.424 e. The average molecular weight is 360 g/mol. The van der Waals surface area contributed by atoms with Gasteiger partial charge in [0.25, 0.3) is 0 Å². The van der Waals surface area contributed by atoms with Crippen LogP contribution in [0.15, 0.2) is 27.4 Å². The highest BCUT2D eigenvalue weighted by molar-refractivity contribution is 5.84. The summed E-state index contributed by atoms with van der Waals surface area (Å²) in [6, 6.07) is 4.95. The molecular formula is C20H24O6. The summed E-state index contributed by atoms with van der Waals surface area (Å²) in [4.78, 5) is 24.0. The molecule has 0 N–H and O–H groups in total. The third-order valence-electron chi connectivity index (χ3n) is 4.61. The van der Waals surface area contributed by atoms with E-state index in [1.807, 2.05) is 19.9 Å². The topological polar surface area (TPSA) is 75.0 Å². The fourth-order valence-electron chi connectivity index (χ4n) is 3.05. The van der Waals surface area contributed by atoms with Crippen LogP contribution in [0.5, 0.6) is 5.75 Å². The number of rotatable bonds is 6. The van der Waals surface area contributed by atoms with E-state index < -0.39 is 17.7 Å². The second-order valence-corrected chi connectivity index (χ2v) is 6.59. The Hall–Kier alpha value is -2.18. The Morgan fingerprint density at radius 2 is 2.15 bits per heavy atom. The molecule has 2 heterocycles. The van der Waals surface area contributed by atoms with E-state index >= 15 is 0 Å². The fourth-order valence-corrected chi connectivity index (χ4v) is 3.05. The highest BCUT2D eigenvalue weighted by Crippen LogP contribution is 2.28. The Labute approximate surface area is 152 Å². The molecular weight excluding hydrogens is 336 g/mol. The van der Waals surface area contributed by atoms with Gasteiger partial charge in [0.15, 0.2) is 6.10 Å². The van der Waals surface area contributed by atoms with Gasteiger partial charge in [-0.05, 0) is 50.3 Å². The highest BCUT2D eigenvalue weighted by atomic mass is 16.6. The third-order valence-corrected chi connectivity index (χ3v) is 4.61. The first-order valence-corrected chi connectivity index (χ1v) is 9.00. The summed E-state index contributed by atoms with van der Waals surface area (Å²) in [7, 11) is 0. The molecule has 140 valence electrons. The van der Waals surface area contributed by atoms with Crippen LogP contribution in [0, 0.1) is 6.92 Å². The summed E-state index contributed by atoms with van der Waals surface area (Å²) >= 11 is 0. The molecule has 1 aromatic heterocycles. The monoisotopic (exact) mass is 360 g/mol. The number of carbonyl (C=O) groups is 1. The molecule has 26 heavy (non-hydrogen) atoms. The van der Waals surface area contributed by atoms with Crippen molar-refractivity contribution in [3.63, 3.8) is 0 Å². The summed E-state index contributed by atoms with van der Waals surface area (Å²) in [5.74, 6) is -0.0848. The van der Waals surface area contributed by atoms with Crippen molar-refractivity contribution in [2.24, 2.45) is 0 Å². The summed E-state index contributed by atoms with van der Waals surface area (Å²) in [6.07, 6.45) is 2.00. The minimum atomic E-state index is -0.705. The third kappa shape index (κ3) is 4.14. The van der Waals surface area contributed by atoms with Gasteiger partial charge < -0.3 is 18.6 Å². The summed E-state index contributed by atoms with van der Waals surface area (Å²) in [6.45, 7) is 6.61. The Morgan fingerprint density at radius 3 is 2.85 bits per heavy atom. The minimum absolute atomic E-state index is 0.0503. The van der Waals surface area contributed by atoms with Crippen LogP contribution in [0.4, 0.5) is 0 Å². The number of aryl methyl sites for hydroxylation is 2. The van der Waals surface area contributed by atoms with Crippen molar-refractivity contribution >= 4 is 16.9 Å². The molecule has 2 aromatic rings. The normalized spacial score (nSPS) is 18.2. The predicted molar refractivity (Wildman–Crippen MR) is 96.6 cm³/mol. The first kappa shape index (κ1) is 18.6. The molecule has 0 saturated carbocycles. The number of fused-ring (bicyclic) bond motifs is 1. The molecule has 0 amide bonds. The first-order chi connectivity index (χ1) is 12.5. The van der Waals surface area contributed by atoms with Gasteiger partial charge in [-0.2, -0.15) is 0 Å². The predicted octanol–water partition coefficient (Wildman–Crippen LogP) is 3.15. The molecule has 1 aromatic carbocycles. The van der Waals surface area contributed by atoms with Crippen LogP contribution in [-0.4, -0.2) is 31.4 Å². The smallest absolute Gasteiger partial charge is 0.340 e. The fraction of sp³-hybridized carbons (Fsp3) is 0.500. The van der Waals surface area contributed by atoms with Gasteiger partial charge in [-0.3, -0.25) is 0 Å². The van der Waals surface area contributed by atoms with Crippen molar-refractivity contribution in [3.05, 3.63) is 39.7 Å². The SMILES string of the molecule is CCc1cc2c(C)cc(=O)oc2cc1OC(=O)C(C)OCC1CCCO1. The van der Waals surface area contributed by atoms with Crippen molar-refractivity contribution in [2.45, 2.75) is 52.2 Å². The van der Waals surface area contributed by atoms with Gasteiger partial charge in [0.05, 0.1) is 12.7 Å². The molecule has 2 unspecified atom stereocenters. The molecule has 0 spiro atoms. The van der Waals surface area contributed by atoms with E-state index in [1.54, 1.807) is 13.0 Å².